The van der Waals surface area contributed by atoms with Crippen LogP contribution in [0.15, 0.2) is 12.5 Å². The molecule has 0 radical (unpaired) electrons. The molecule has 1 aliphatic rings. The van der Waals surface area contributed by atoms with E-state index in [1.807, 2.05) is 6.20 Å². The molecule has 1 fully saturated rings. The van der Waals surface area contributed by atoms with E-state index in [1.54, 1.807) is 6.33 Å². The maximum Gasteiger partial charge on any atom is 0.115 e. The van der Waals surface area contributed by atoms with Crippen molar-refractivity contribution in [3.05, 3.63) is 23.8 Å². The van der Waals surface area contributed by atoms with Gasteiger partial charge in [-0.2, -0.15) is 0 Å². The molecule has 94 valence electrons. The van der Waals surface area contributed by atoms with Gasteiger partial charge in [0, 0.05) is 12.1 Å². The third-order valence-corrected chi connectivity index (χ3v) is 3.71. The lowest BCUT2D eigenvalue weighted by molar-refractivity contribution is 0.568. The number of rotatable bonds is 4. The second-order valence-corrected chi connectivity index (χ2v) is 5.01. The first kappa shape index (κ1) is 12.5. The minimum Gasteiger partial charge on any atom is -0.330 e. The molecule has 3 nitrogen and oxygen atoms in total. The summed E-state index contributed by atoms with van der Waals surface area (Å²) in [5.74, 6) is 0.660. The second kappa shape index (κ2) is 6.70. The van der Waals surface area contributed by atoms with Gasteiger partial charge in [0.05, 0.1) is 5.69 Å². The molecule has 0 spiro atoms. The van der Waals surface area contributed by atoms with E-state index in [-0.39, 0.29) is 0 Å². The lowest BCUT2D eigenvalue weighted by Gasteiger charge is -2.16. The number of nitrogens with zero attached hydrogens (tertiary/aromatic N) is 2. The summed E-state index contributed by atoms with van der Waals surface area (Å²) in [4.78, 5) is 8.71. The van der Waals surface area contributed by atoms with Gasteiger partial charge in [-0.1, -0.05) is 25.7 Å². The summed E-state index contributed by atoms with van der Waals surface area (Å²) in [6.07, 6.45) is 13.8. The largest absolute Gasteiger partial charge is 0.330 e. The molecule has 0 amide bonds. The Morgan fingerprint density at radius 3 is 2.65 bits per heavy atom. The maximum absolute atomic E-state index is 5.59. The summed E-state index contributed by atoms with van der Waals surface area (Å²) < 4.78 is 0. The van der Waals surface area contributed by atoms with Gasteiger partial charge >= 0.3 is 0 Å². The van der Waals surface area contributed by atoms with Crippen molar-refractivity contribution < 1.29 is 0 Å². The predicted molar refractivity (Wildman–Crippen MR) is 69.9 cm³/mol. The van der Waals surface area contributed by atoms with E-state index in [0.717, 1.165) is 19.4 Å². The highest BCUT2D eigenvalue weighted by molar-refractivity contribution is 5.20. The molecule has 0 saturated heterocycles. The van der Waals surface area contributed by atoms with Crippen molar-refractivity contribution in [2.45, 2.75) is 57.3 Å². The van der Waals surface area contributed by atoms with E-state index in [2.05, 4.69) is 9.97 Å². The van der Waals surface area contributed by atoms with Gasteiger partial charge in [0.15, 0.2) is 0 Å². The molecule has 17 heavy (non-hydrogen) atoms. The predicted octanol–water partition coefficient (Wildman–Crippen LogP) is 2.81. The topological polar surface area (TPSA) is 51.8 Å². The molecule has 1 aromatic rings. The zero-order valence-corrected chi connectivity index (χ0v) is 10.6. The van der Waals surface area contributed by atoms with Gasteiger partial charge in [-0.15, -0.1) is 0 Å². The van der Waals surface area contributed by atoms with Gasteiger partial charge in [-0.25, -0.2) is 9.97 Å². The third-order valence-electron chi connectivity index (χ3n) is 3.71. The molecule has 0 bridgehead atoms. The van der Waals surface area contributed by atoms with Crippen LogP contribution in [0, 0.1) is 0 Å². The van der Waals surface area contributed by atoms with E-state index in [0.29, 0.717) is 5.92 Å². The van der Waals surface area contributed by atoms with Gasteiger partial charge in [0.1, 0.15) is 6.33 Å². The summed E-state index contributed by atoms with van der Waals surface area (Å²) in [6.45, 7) is 0.749. The number of hydrogen-bond donors (Lipinski definition) is 1. The van der Waals surface area contributed by atoms with Gasteiger partial charge in [0.25, 0.3) is 0 Å². The number of aromatic nitrogens is 2. The minimum absolute atomic E-state index is 0.660. The number of aryl methyl sites for hydroxylation is 1. The van der Waals surface area contributed by atoms with Crippen LogP contribution in [-0.4, -0.2) is 16.5 Å². The second-order valence-electron chi connectivity index (χ2n) is 5.01. The first-order chi connectivity index (χ1) is 8.42. The quantitative estimate of drug-likeness (QED) is 0.814. The Morgan fingerprint density at radius 1 is 1.18 bits per heavy atom. The molecular formula is C14H23N3. The summed E-state index contributed by atoms with van der Waals surface area (Å²) in [7, 11) is 0. The van der Waals surface area contributed by atoms with Crippen LogP contribution in [0.5, 0.6) is 0 Å². The van der Waals surface area contributed by atoms with E-state index in [4.69, 9.17) is 5.73 Å². The molecule has 2 N–H and O–H groups in total. The molecule has 3 heteroatoms. The maximum atomic E-state index is 5.59. The minimum atomic E-state index is 0.660. The van der Waals surface area contributed by atoms with Gasteiger partial charge in [-0.3, -0.25) is 0 Å². The zero-order chi connectivity index (χ0) is 11.9. The fraction of sp³-hybridized carbons (Fsp3) is 0.714. The molecule has 0 aliphatic heterocycles. The van der Waals surface area contributed by atoms with Crippen molar-refractivity contribution >= 4 is 0 Å². The molecule has 0 unspecified atom stereocenters. The fourth-order valence-electron chi connectivity index (χ4n) is 2.77. The van der Waals surface area contributed by atoms with Crippen LogP contribution in [0.25, 0.3) is 0 Å². The van der Waals surface area contributed by atoms with Crippen LogP contribution in [-0.2, 0) is 6.42 Å². The standard InChI is InChI=1S/C14H23N3/c15-9-5-8-13-10-16-11-17-14(13)12-6-3-1-2-4-7-12/h10-12H,1-9,15H2. The SMILES string of the molecule is NCCCc1cncnc1C1CCCCCC1. The lowest BCUT2D eigenvalue weighted by atomic mass is 9.92. The normalized spacial score (nSPS) is 17.9. The summed E-state index contributed by atoms with van der Waals surface area (Å²) in [6, 6.07) is 0. The fourth-order valence-corrected chi connectivity index (χ4v) is 2.77. The van der Waals surface area contributed by atoms with Crippen LogP contribution >= 0.6 is 0 Å². The van der Waals surface area contributed by atoms with E-state index in [1.165, 1.54) is 49.8 Å². The average molecular weight is 233 g/mol. The Labute approximate surface area is 104 Å². The highest BCUT2D eigenvalue weighted by atomic mass is 14.8. The Kier molecular flexibility index (Phi) is 4.92. The first-order valence-corrected chi connectivity index (χ1v) is 6.90. The number of hydrogen-bond acceptors (Lipinski definition) is 3. The monoisotopic (exact) mass is 233 g/mol. The van der Waals surface area contributed by atoms with Crippen molar-refractivity contribution in [3.8, 4) is 0 Å². The van der Waals surface area contributed by atoms with Crippen LogP contribution in [0.4, 0.5) is 0 Å². The molecule has 0 atom stereocenters. The Balaban J connectivity index is 2.11. The summed E-state index contributed by atoms with van der Waals surface area (Å²) in [5, 5.41) is 0. The zero-order valence-electron chi connectivity index (χ0n) is 10.6. The Bertz CT molecular complexity index is 330. The Morgan fingerprint density at radius 2 is 1.94 bits per heavy atom. The van der Waals surface area contributed by atoms with Crippen molar-refractivity contribution in [2.24, 2.45) is 5.73 Å². The van der Waals surface area contributed by atoms with Crippen LogP contribution in [0.3, 0.4) is 0 Å². The van der Waals surface area contributed by atoms with E-state index >= 15 is 0 Å². The number of nitrogens with two attached hydrogens (primary N) is 1. The van der Waals surface area contributed by atoms with Crippen LogP contribution in [0.2, 0.25) is 0 Å². The van der Waals surface area contributed by atoms with Crippen LogP contribution in [0.1, 0.15) is 62.1 Å². The first-order valence-electron chi connectivity index (χ1n) is 6.90. The molecular weight excluding hydrogens is 210 g/mol. The van der Waals surface area contributed by atoms with E-state index in [9.17, 15) is 0 Å². The molecule has 1 aromatic heterocycles. The van der Waals surface area contributed by atoms with Gasteiger partial charge in [0.2, 0.25) is 0 Å². The molecule has 1 saturated carbocycles. The smallest absolute Gasteiger partial charge is 0.115 e. The van der Waals surface area contributed by atoms with Crippen molar-refractivity contribution in [1.29, 1.82) is 0 Å². The molecule has 1 heterocycles. The highest BCUT2D eigenvalue weighted by Crippen LogP contribution is 2.32. The van der Waals surface area contributed by atoms with Gasteiger partial charge < -0.3 is 5.73 Å². The van der Waals surface area contributed by atoms with Crippen molar-refractivity contribution in [1.82, 2.24) is 9.97 Å². The summed E-state index contributed by atoms with van der Waals surface area (Å²) in [5.41, 5.74) is 8.21. The summed E-state index contributed by atoms with van der Waals surface area (Å²) >= 11 is 0. The van der Waals surface area contributed by atoms with Crippen LogP contribution < -0.4 is 5.73 Å². The lowest BCUT2D eigenvalue weighted by Crippen LogP contribution is -2.08. The average Bonchev–Trinajstić information content (AvgIpc) is 2.65. The van der Waals surface area contributed by atoms with Crippen molar-refractivity contribution in [3.63, 3.8) is 0 Å². The molecule has 1 aliphatic carbocycles. The highest BCUT2D eigenvalue weighted by Gasteiger charge is 2.18. The van der Waals surface area contributed by atoms with Gasteiger partial charge in [-0.05, 0) is 37.8 Å². The molecule has 2 rings (SSSR count). The third kappa shape index (κ3) is 3.50. The molecule has 0 aromatic carbocycles. The van der Waals surface area contributed by atoms with E-state index < -0.39 is 0 Å². The Hall–Kier alpha value is -0.960. The van der Waals surface area contributed by atoms with Crippen molar-refractivity contribution in [2.75, 3.05) is 6.54 Å².